The van der Waals surface area contributed by atoms with Gasteiger partial charge in [-0.3, -0.25) is 10.1 Å². The molecule has 1 heterocycles. The van der Waals surface area contributed by atoms with E-state index >= 15 is 0 Å². The number of fused-ring (bicyclic) bond motifs is 1. The molecule has 0 spiro atoms. The predicted octanol–water partition coefficient (Wildman–Crippen LogP) is 4.01. The number of hydrogen-bond acceptors (Lipinski definition) is 9. The van der Waals surface area contributed by atoms with Crippen molar-refractivity contribution >= 4 is 21.8 Å². The number of ether oxygens (including phenoxy) is 3. The second kappa shape index (κ2) is 12.8. The molecular formula is C29H33N3O9S. The number of alkyl carbamates (subject to hydrolysis) is 1. The van der Waals surface area contributed by atoms with Crippen molar-refractivity contribution in [3.05, 3.63) is 94.0 Å². The zero-order valence-corrected chi connectivity index (χ0v) is 24.2. The molecule has 2 N–H and O–H groups in total. The summed E-state index contributed by atoms with van der Waals surface area (Å²) in [5.41, 5.74) is 0.298. The van der Waals surface area contributed by atoms with Gasteiger partial charge in [-0.15, -0.1) is 0 Å². The maximum Gasteiger partial charge on any atom is 0.407 e. The lowest BCUT2D eigenvalue weighted by Gasteiger charge is -2.30. The first-order valence-corrected chi connectivity index (χ1v) is 14.6. The number of amides is 1. The van der Waals surface area contributed by atoms with Crippen LogP contribution in [-0.2, 0) is 27.7 Å². The third-order valence-corrected chi connectivity index (χ3v) is 8.16. The summed E-state index contributed by atoms with van der Waals surface area (Å²) in [6.07, 6.45) is -1.95. The van der Waals surface area contributed by atoms with Gasteiger partial charge in [0, 0.05) is 25.2 Å². The molecular weight excluding hydrogens is 566 g/mol. The van der Waals surface area contributed by atoms with Gasteiger partial charge in [0.05, 0.1) is 22.0 Å². The zero-order chi connectivity index (χ0) is 30.5. The fourth-order valence-corrected chi connectivity index (χ4v) is 5.77. The van der Waals surface area contributed by atoms with Crippen LogP contribution in [0.15, 0.2) is 77.7 Å². The van der Waals surface area contributed by atoms with E-state index in [2.05, 4.69) is 5.32 Å². The van der Waals surface area contributed by atoms with Gasteiger partial charge in [-0.25, -0.2) is 13.2 Å². The van der Waals surface area contributed by atoms with Crippen LogP contribution in [0.25, 0.3) is 0 Å². The molecule has 12 nitrogen and oxygen atoms in total. The average Bonchev–Trinajstić information content (AvgIpc) is 3.40. The molecule has 13 heteroatoms. The summed E-state index contributed by atoms with van der Waals surface area (Å²) in [6.45, 7) is 4.58. The third-order valence-electron chi connectivity index (χ3n) is 6.34. The molecule has 42 heavy (non-hydrogen) atoms. The number of benzene rings is 3. The molecule has 0 aliphatic carbocycles. The van der Waals surface area contributed by atoms with Crippen LogP contribution in [0.2, 0.25) is 0 Å². The third kappa shape index (κ3) is 7.96. The first kappa shape index (κ1) is 30.8. The Morgan fingerprint density at radius 3 is 2.36 bits per heavy atom. The quantitative estimate of drug-likeness (QED) is 0.245. The van der Waals surface area contributed by atoms with Crippen molar-refractivity contribution in [1.29, 1.82) is 0 Å². The summed E-state index contributed by atoms with van der Waals surface area (Å²) in [6, 6.07) is 17.7. The molecule has 1 aliphatic heterocycles. The van der Waals surface area contributed by atoms with Gasteiger partial charge in [0.1, 0.15) is 5.60 Å². The van der Waals surface area contributed by atoms with E-state index in [1.54, 1.807) is 39.0 Å². The van der Waals surface area contributed by atoms with Gasteiger partial charge in [0.2, 0.25) is 16.8 Å². The topological polar surface area (TPSA) is 158 Å². The van der Waals surface area contributed by atoms with Crippen LogP contribution < -0.4 is 14.8 Å². The minimum Gasteiger partial charge on any atom is -0.454 e. The van der Waals surface area contributed by atoms with Crippen molar-refractivity contribution in [3.8, 4) is 11.5 Å². The van der Waals surface area contributed by atoms with Crippen LogP contribution >= 0.6 is 0 Å². The number of nitrogens with zero attached hydrogens (tertiary/aromatic N) is 2. The van der Waals surface area contributed by atoms with Crippen LogP contribution in [0.1, 0.15) is 31.9 Å². The number of aliphatic hydroxyl groups is 1. The van der Waals surface area contributed by atoms with Gasteiger partial charge in [-0.05, 0) is 62.6 Å². The van der Waals surface area contributed by atoms with Gasteiger partial charge < -0.3 is 24.6 Å². The van der Waals surface area contributed by atoms with Crippen LogP contribution in [0.3, 0.4) is 0 Å². The number of sulfonamides is 1. The molecule has 0 saturated carbocycles. The highest BCUT2D eigenvalue weighted by Crippen LogP contribution is 2.33. The Bertz CT molecular complexity index is 1510. The maximum atomic E-state index is 13.9. The Kier molecular flexibility index (Phi) is 9.34. The summed E-state index contributed by atoms with van der Waals surface area (Å²) >= 11 is 0. The summed E-state index contributed by atoms with van der Waals surface area (Å²) in [7, 11) is -4.28. The summed E-state index contributed by atoms with van der Waals surface area (Å²) in [4.78, 5) is 23.0. The lowest BCUT2D eigenvalue weighted by Crippen LogP contribution is -2.51. The second-order valence-electron chi connectivity index (χ2n) is 10.7. The smallest absolute Gasteiger partial charge is 0.407 e. The van der Waals surface area contributed by atoms with Crippen molar-refractivity contribution in [2.75, 3.05) is 13.3 Å². The number of aliphatic hydroxyl groups excluding tert-OH is 1. The standard InChI is InChI=1S/C29H33N3O9S/c1-29(2,3)41-28(34)30-24(15-20-7-5-4-6-8-20)25(33)18-31(17-21-9-14-26-27(16-21)40-19-39-26)42(37,38)23-12-10-22(11-13-23)32(35)36/h4-14,16,24-25,33H,15,17-19H2,1-3H3,(H,30,34)/t24-,25+/m0/s1. The van der Waals surface area contributed by atoms with E-state index in [1.807, 2.05) is 30.3 Å². The molecule has 0 saturated heterocycles. The van der Waals surface area contributed by atoms with Crippen molar-refractivity contribution in [1.82, 2.24) is 9.62 Å². The van der Waals surface area contributed by atoms with E-state index in [4.69, 9.17) is 14.2 Å². The number of non-ortho nitro benzene ring substituents is 1. The molecule has 2 atom stereocenters. The molecule has 3 aromatic carbocycles. The molecule has 1 amide bonds. The minimum absolute atomic E-state index is 0.0415. The molecule has 3 aromatic rings. The minimum atomic E-state index is -4.28. The Morgan fingerprint density at radius 1 is 1.05 bits per heavy atom. The van der Waals surface area contributed by atoms with Crippen molar-refractivity contribution in [2.24, 2.45) is 0 Å². The predicted molar refractivity (Wildman–Crippen MR) is 153 cm³/mol. The van der Waals surface area contributed by atoms with E-state index in [0.717, 1.165) is 34.1 Å². The molecule has 0 radical (unpaired) electrons. The molecule has 224 valence electrons. The first-order chi connectivity index (χ1) is 19.8. The summed E-state index contributed by atoms with van der Waals surface area (Å²) in [5.74, 6) is 0.974. The molecule has 4 rings (SSSR count). The van der Waals surface area contributed by atoms with Gasteiger partial charge in [0.25, 0.3) is 5.69 Å². The lowest BCUT2D eigenvalue weighted by molar-refractivity contribution is -0.384. The van der Waals surface area contributed by atoms with Crippen molar-refractivity contribution < 1.29 is 37.5 Å². The largest absolute Gasteiger partial charge is 0.454 e. The number of rotatable bonds is 11. The fourth-order valence-electron chi connectivity index (χ4n) is 4.33. The normalized spacial score (nSPS) is 14.3. The van der Waals surface area contributed by atoms with E-state index in [-0.39, 0.29) is 30.3 Å². The second-order valence-corrected chi connectivity index (χ2v) is 12.7. The monoisotopic (exact) mass is 599 g/mol. The molecule has 1 aliphatic rings. The highest BCUT2D eigenvalue weighted by molar-refractivity contribution is 7.89. The van der Waals surface area contributed by atoms with Crippen LogP contribution in [0, 0.1) is 10.1 Å². The van der Waals surface area contributed by atoms with Crippen LogP contribution in [-0.4, -0.2) is 59.9 Å². The lowest BCUT2D eigenvalue weighted by atomic mass is 10.0. The number of hydrogen-bond donors (Lipinski definition) is 2. The van der Waals surface area contributed by atoms with Crippen molar-refractivity contribution in [2.45, 2.75) is 56.4 Å². The SMILES string of the molecule is CC(C)(C)OC(=O)N[C@@H](Cc1ccccc1)[C@H](O)CN(Cc1ccc2c(c1)OCO2)S(=O)(=O)c1ccc([N+](=O)[O-])cc1. The average molecular weight is 600 g/mol. The zero-order valence-electron chi connectivity index (χ0n) is 23.4. The van der Waals surface area contributed by atoms with Crippen LogP contribution in [0.5, 0.6) is 11.5 Å². The number of nitro benzene ring substituents is 1. The highest BCUT2D eigenvalue weighted by Gasteiger charge is 2.32. The number of nitrogens with one attached hydrogen (secondary N) is 1. The number of carbonyl (C=O) groups is 1. The van der Waals surface area contributed by atoms with E-state index in [0.29, 0.717) is 17.1 Å². The van der Waals surface area contributed by atoms with Crippen molar-refractivity contribution in [3.63, 3.8) is 0 Å². The Hall–Kier alpha value is -4.20. The molecule has 0 fully saturated rings. The van der Waals surface area contributed by atoms with Gasteiger partial charge >= 0.3 is 6.09 Å². The fraction of sp³-hybridized carbons (Fsp3) is 0.345. The van der Waals surface area contributed by atoms with E-state index in [9.17, 15) is 28.4 Å². The van der Waals surface area contributed by atoms with Crippen LogP contribution in [0.4, 0.5) is 10.5 Å². The van der Waals surface area contributed by atoms with Gasteiger partial charge in [-0.2, -0.15) is 4.31 Å². The Balaban J connectivity index is 1.65. The van der Waals surface area contributed by atoms with E-state index < -0.39 is 45.3 Å². The first-order valence-electron chi connectivity index (χ1n) is 13.2. The Morgan fingerprint density at radius 2 is 1.71 bits per heavy atom. The van der Waals surface area contributed by atoms with E-state index in [1.165, 1.54) is 0 Å². The summed E-state index contributed by atoms with van der Waals surface area (Å²) in [5, 5.41) is 25.3. The summed E-state index contributed by atoms with van der Waals surface area (Å²) < 4.78 is 44.9. The molecule has 0 unspecified atom stereocenters. The number of carbonyl (C=O) groups excluding carboxylic acids is 1. The number of nitro groups is 1. The Labute approximate surface area is 244 Å². The maximum absolute atomic E-state index is 13.9. The van der Waals surface area contributed by atoms with Gasteiger partial charge in [-0.1, -0.05) is 36.4 Å². The van der Waals surface area contributed by atoms with Gasteiger partial charge in [0.15, 0.2) is 11.5 Å². The molecule has 0 bridgehead atoms. The molecule has 0 aromatic heterocycles. The highest BCUT2D eigenvalue weighted by atomic mass is 32.2.